The third kappa shape index (κ3) is 10.2. The number of piperidine rings is 1. The second kappa shape index (κ2) is 15.2. The lowest BCUT2D eigenvalue weighted by molar-refractivity contribution is -0.145. The van der Waals surface area contributed by atoms with Crippen molar-refractivity contribution in [2.45, 2.75) is 72.1 Å². The highest BCUT2D eigenvalue weighted by Gasteiger charge is 2.44. The Kier molecular flexibility index (Phi) is 12.0. The van der Waals surface area contributed by atoms with Crippen LogP contribution >= 0.6 is 11.6 Å². The molecule has 1 heterocycles. The number of hydrogen-bond donors (Lipinski definition) is 3. The van der Waals surface area contributed by atoms with E-state index in [2.05, 4.69) is 16.0 Å². The lowest BCUT2D eigenvalue weighted by Gasteiger charge is -2.40. The monoisotopic (exact) mass is 614 g/mol. The highest BCUT2D eigenvalue weighted by Crippen LogP contribution is 2.33. The summed E-state index contributed by atoms with van der Waals surface area (Å²) in [6.45, 7) is 9.58. The molecule has 1 saturated heterocycles. The van der Waals surface area contributed by atoms with Gasteiger partial charge in [0.2, 0.25) is 17.7 Å². The van der Waals surface area contributed by atoms with Gasteiger partial charge in [-0.1, -0.05) is 48.9 Å². The molecule has 2 aromatic carbocycles. The molecule has 0 radical (unpaired) electrons. The Morgan fingerprint density at radius 1 is 1.02 bits per heavy atom. The van der Waals surface area contributed by atoms with E-state index in [0.29, 0.717) is 10.7 Å². The van der Waals surface area contributed by atoms with Crippen molar-refractivity contribution in [1.29, 1.82) is 0 Å². The predicted octanol–water partition coefficient (Wildman–Crippen LogP) is 4.70. The molecule has 11 heteroatoms. The van der Waals surface area contributed by atoms with Crippen molar-refractivity contribution in [3.05, 3.63) is 64.7 Å². The summed E-state index contributed by atoms with van der Waals surface area (Å²) >= 11 is 6.28. The Labute approximate surface area is 258 Å². The fraction of sp³-hybridized carbons (Fsp3) is 0.500. The molecule has 10 nitrogen and oxygen atoms in total. The standard InChI is InChI=1S/C32H43ClN4O6/c1-6-23-11-13-25(14-12-23)36-30(41)42-21-32(29(40)34-19-24-9-7-8-10-26(24)33)15-17-37(18-16-32)28(39)22(2)35-27(38)20-43-31(3,4)5/h7-14,22H,6,15-21H2,1-5H3,(H,34,40)(H,35,38)(H,36,41). The minimum atomic E-state index is -1.06. The second-order valence-corrected chi connectivity index (χ2v) is 12.2. The molecule has 1 unspecified atom stereocenters. The smallest absolute Gasteiger partial charge is 0.411 e. The van der Waals surface area contributed by atoms with Gasteiger partial charge in [0, 0.05) is 30.3 Å². The third-order valence-corrected chi connectivity index (χ3v) is 7.75. The van der Waals surface area contributed by atoms with E-state index in [1.54, 1.807) is 30.0 Å². The summed E-state index contributed by atoms with van der Waals surface area (Å²) in [4.78, 5) is 53.3. The zero-order valence-corrected chi connectivity index (χ0v) is 26.4. The molecule has 1 atom stereocenters. The number of aryl methyl sites for hydroxylation is 1. The molecular weight excluding hydrogens is 572 g/mol. The number of carbonyl (C=O) groups excluding carboxylic acids is 4. The van der Waals surface area contributed by atoms with E-state index in [1.165, 1.54) is 0 Å². The van der Waals surface area contributed by atoms with Gasteiger partial charge in [0.25, 0.3) is 0 Å². The van der Waals surface area contributed by atoms with Crippen LogP contribution in [0.15, 0.2) is 48.5 Å². The van der Waals surface area contributed by atoms with Crippen molar-refractivity contribution in [2.24, 2.45) is 5.41 Å². The summed E-state index contributed by atoms with van der Waals surface area (Å²) in [5.74, 6) is -0.937. The van der Waals surface area contributed by atoms with E-state index in [9.17, 15) is 19.2 Å². The van der Waals surface area contributed by atoms with Crippen LogP contribution in [0.2, 0.25) is 5.02 Å². The molecule has 3 N–H and O–H groups in total. The number of anilines is 1. The van der Waals surface area contributed by atoms with Crippen LogP contribution in [-0.4, -0.2) is 66.7 Å². The number of rotatable bonds is 11. The summed E-state index contributed by atoms with van der Waals surface area (Å²) < 4.78 is 11.1. The van der Waals surface area contributed by atoms with E-state index in [4.69, 9.17) is 21.1 Å². The number of carbonyl (C=O) groups is 4. The topological polar surface area (TPSA) is 126 Å². The Morgan fingerprint density at radius 2 is 1.67 bits per heavy atom. The normalized spacial score (nSPS) is 15.3. The first kappa shape index (κ1) is 33.9. The Balaban J connectivity index is 1.64. The van der Waals surface area contributed by atoms with Gasteiger partial charge in [0.05, 0.1) is 11.0 Å². The van der Waals surface area contributed by atoms with Crippen molar-refractivity contribution in [2.75, 3.05) is 31.6 Å². The summed E-state index contributed by atoms with van der Waals surface area (Å²) in [7, 11) is 0. The van der Waals surface area contributed by atoms with Crippen molar-refractivity contribution in [3.63, 3.8) is 0 Å². The molecule has 1 aliphatic heterocycles. The maximum absolute atomic E-state index is 13.6. The molecule has 1 aliphatic rings. The fourth-order valence-corrected chi connectivity index (χ4v) is 4.88. The predicted molar refractivity (Wildman–Crippen MR) is 166 cm³/mol. The van der Waals surface area contributed by atoms with E-state index < -0.39 is 23.2 Å². The second-order valence-electron chi connectivity index (χ2n) is 11.8. The Bertz CT molecular complexity index is 1270. The lowest BCUT2D eigenvalue weighted by atomic mass is 9.78. The average Bonchev–Trinajstić information content (AvgIpc) is 2.98. The minimum absolute atomic E-state index is 0.155. The van der Waals surface area contributed by atoms with Gasteiger partial charge in [0.1, 0.15) is 19.3 Å². The first-order valence-electron chi connectivity index (χ1n) is 14.6. The number of benzene rings is 2. The number of ether oxygens (including phenoxy) is 2. The zero-order valence-electron chi connectivity index (χ0n) is 25.6. The van der Waals surface area contributed by atoms with Gasteiger partial charge < -0.3 is 25.0 Å². The molecule has 3 rings (SSSR count). The van der Waals surface area contributed by atoms with Crippen LogP contribution in [0, 0.1) is 5.41 Å². The number of halogens is 1. The van der Waals surface area contributed by atoms with Gasteiger partial charge in [-0.25, -0.2) is 4.79 Å². The first-order chi connectivity index (χ1) is 20.3. The highest BCUT2D eigenvalue weighted by molar-refractivity contribution is 6.31. The number of nitrogens with one attached hydrogen (secondary N) is 3. The number of amides is 4. The van der Waals surface area contributed by atoms with Crippen LogP contribution in [0.4, 0.5) is 10.5 Å². The third-order valence-electron chi connectivity index (χ3n) is 7.38. The van der Waals surface area contributed by atoms with Gasteiger partial charge in [-0.05, 0) is 76.3 Å². The Hall–Kier alpha value is -3.63. The summed E-state index contributed by atoms with van der Waals surface area (Å²) in [6, 6.07) is 13.9. The van der Waals surface area contributed by atoms with Crippen molar-refractivity contribution < 1.29 is 28.7 Å². The van der Waals surface area contributed by atoms with Crippen molar-refractivity contribution >= 4 is 41.1 Å². The van der Waals surface area contributed by atoms with Gasteiger partial charge in [0.15, 0.2) is 0 Å². The minimum Gasteiger partial charge on any atom is -0.448 e. The van der Waals surface area contributed by atoms with Crippen LogP contribution < -0.4 is 16.0 Å². The highest BCUT2D eigenvalue weighted by atomic mass is 35.5. The Morgan fingerprint density at radius 3 is 2.28 bits per heavy atom. The molecule has 4 amide bonds. The van der Waals surface area contributed by atoms with Gasteiger partial charge in [-0.15, -0.1) is 0 Å². The van der Waals surface area contributed by atoms with Crippen molar-refractivity contribution in [3.8, 4) is 0 Å². The van der Waals surface area contributed by atoms with E-state index in [1.807, 2.05) is 58.0 Å². The van der Waals surface area contributed by atoms with E-state index in [0.717, 1.165) is 17.5 Å². The molecule has 0 spiro atoms. The van der Waals surface area contributed by atoms with Crippen LogP contribution in [0.3, 0.4) is 0 Å². The molecule has 2 aromatic rings. The first-order valence-corrected chi connectivity index (χ1v) is 15.0. The van der Waals surface area contributed by atoms with Gasteiger partial charge >= 0.3 is 6.09 Å². The van der Waals surface area contributed by atoms with Crippen LogP contribution in [0.1, 0.15) is 58.6 Å². The van der Waals surface area contributed by atoms with Crippen molar-refractivity contribution in [1.82, 2.24) is 15.5 Å². The molecule has 0 bridgehead atoms. The average molecular weight is 615 g/mol. The maximum atomic E-state index is 13.6. The van der Waals surface area contributed by atoms with Crippen LogP contribution in [0.25, 0.3) is 0 Å². The quantitative estimate of drug-likeness (QED) is 0.337. The number of likely N-dealkylation sites (tertiary alicyclic amines) is 1. The van der Waals surface area contributed by atoms with Gasteiger partial charge in [-0.3, -0.25) is 19.7 Å². The molecule has 0 aliphatic carbocycles. The fourth-order valence-electron chi connectivity index (χ4n) is 4.68. The van der Waals surface area contributed by atoms with Crippen LogP contribution in [0.5, 0.6) is 0 Å². The lowest BCUT2D eigenvalue weighted by Crippen LogP contribution is -2.55. The maximum Gasteiger partial charge on any atom is 0.411 e. The van der Waals surface area contributed by atoms with E-state index in [-0.39, 0.29) is 63.4 Å². The largest absolute Gasteiger partial charge is 0.448 e. The number of hydrogen-bond acceptors (Lipinski definition) is 6. The molecule has 43 heavy (non-hydrogen) atoms. The van der Waals surface area contributed by atoms with Gasteiger partial charge in [-0.2, -0.15) is 0 Å². The summed E-state index contributed by atoms with van der Waals surface area (Å²) in [5, 5.41) is 8.87. The molecule has 0 saturated carbocycles. The zero-order chi connectivity index (χ0) is 31.6. The number of nitrogens with zero attached hydrogens (tertiary/aromatic N) is 1. The molecule has 234 valence electrons. The summed E-state index contributed by atoms with van der Waals surface area (Å²) in [6.07, 6.45) is 0.737. The van der Waals surface area contributed by atoms with Crippen LogP contribution in [-0.2, 0) is 36.8 Å². The molecule has 0 aromatic heterocycles. The molecular formula is C32H43ClN4O6. The molecule has 1 fully saturated rings. The SMILES string of the molecule is CCc1ccc(NC(=O)OCC2(C(=O)NCc3ccccc3Cl)CCN(C(=O)C(C)NC(=O)COC(C)(C)C)CC2)cc1. The van der Waals surface area contributed by atoms with E-state index >= 15 is 0 Å². The summed E-state index contributed by atoms with van der Waals surface area (Å²) in [5.41, 5.74) is 0.945.